The van der Waals surface area contributed by atoms with Gasteiger partial charge in [-0.2, -0.15) is 31.1 Å². The molecule has 2 aliphatic heterocycles. The fourth-order valence-corrected chi connectivity index (χ4v) is 7.23. The van der Waals surface area contributed by atoms with Crippen LogP contribution in [0.15, 0.2) is 30.3 Å². The first kappa shape index (κ1) is 33.0. The van der Waals surface area contributed by atoms with Gasteiger partial charge in [0.05, 0.1) is 37.4 Å². The van der Waals surface area contributed by atoms with Gasteiger partial charge in [0.2, 0.25) is 0 Å². The highest BCUT2D eigenvalue weighted by Crippen LogP contribution is 2.44. The fourth-order valence-electron chi connectivity index (χ4n) is 7.23. The predicted molar refractivity (Wildman–Crippen MR) is 158 cm³/mol. The molecule has 254 valence electrons. The number of aromatic nitrogens is 4. The number of carboxylic acid groups (broad SMARTS) is 1. The van der Waals surface area contributed by atoms with Crippen LogP contribution in [0.2, 0.25) is 0 Å². The van der Waals surface area contributed by atoms with Crippen LogP contribution in [0.5, 0.6) is 0 Å². The third-order valence-electron chi connectivity index (χ3n) is 9.51. The molecule has 0 spiro atoms. The number of aryl methyl sites for hydroxylation is 1. The number of fused-ring (bicyclic) bond motifs is 2. The number of aliphatic carboxylic acids is 1. The number of alkyl halides is 6. The Morgan fingerprint density at radius 1 is 0.936 bits per heavy atom. The second kappa shape index (κ2) is 13.0. The first-order chi connectivity index (χ1) is 22.2. The van der Waals surface area contributed by atoms with Crippen molar-refractivity contribution in [2.45, 2.75) is 83.1 Å². The third kappa shape index (κ3) is 7.49. The highest BCUT2D eigenvalue weighted by Gasteiger charge is 2.38. The van der Waals surface area contributed by atoms with Gasteiger partial charge in [-0.25, -0.2) is 0 Å². The number of rotatable bonds is 8. The summed E-state index contributed by atoms with van der Waals surface area (Å²) in [5.74, 6) is -0.153. The molecule has 3 aliphatic rings. The number of hydrogen-bond acceptors (Lipinski definition) is 7. The first-order valence-corrected chi connectivity index (χ1v) is 15.7. The monoisotopic (exact) mass is 666 g/mol. The van der Waals surface area contributed by atoms with Gasteiger partial charge in [0.15, 0.2) is 0 Å². The summed E-state index contributed by atoms with van der Waals surface area (Å²) in [5, 5.41) is 21.6. The summed E-state index contributed by atoms with van der Waals surface area (Å²) in [6.45, 7) is 1.98. The van der Waals surface area contributed by atoms with Crippen molar-refractivity contribution in [3.8, 4) is 0 Å². The van der Waals surface area contributed by atoms with Crippen LogP contribution in [0.25, 0.3) is 0 Å². The maximum absolute atomic E-state index is 13.8. The lowest BCUT2D eigenvalue weighted by Gasteiger charge is -2.35. The van der Waals surface area contributed by atoms with E-state index in [4.69, 9.17) is 4.74 Å². The maximum Gasteiger partial charge on any atom is 0.416 e. The molecule has 6 rings (SSSR count). The second-order valence-electron chi connectivity index (χ2n) is 12.9. The standard InChI is InChI=1S/C32H36F6N6O3/c1-42-40-30(39-41-42)44(16-21-9-24(31(33,34)35)14-25(10-21)32(36,37)38)27-3-2-8-43(15-20-6-4-19(5-7-20)11-29(45)46)28-13-23-18-47-17-22(23)12-26(27)28/h9-10,12-14,19-20,27H,2-8,11,15-18H2,1H3,(H,45,46)/t19?,20?,27-/m0/s1. The SMILES string of the molecule is Cn1nnc(N(Cc2cc(C(F)(F)F)cc(C(F)(F)F)c2)[C@H]2CCCN(CC3CCC(CC(=O)O)CC3)c3cc4c(cc32)COC4)n1. The van der Waals surface area contributed by atoms with E-state index in [0.717, 1.165) is 66.7 Å². The van der Waals surface area contributed by atoms with Crippen LogP contribution in [0.1, 0.15) is 84.4 Å². The van der Waals surface area contributed by atoms with Crippen molar-refractivity contribution in [1.29, 1.82) is 0 Å². The molecule has 15 heteroatoms. The third-order valence-corrected chi connectivity index (χ3v) is 9.51. The zero-order valence-corrected chi connectivity index (χ0v) is 25.8. The Morgan fingerprint density at radius 3 is 2.17 bits per heavy atom. The van der Waals surface area contributed by atoms with E-state index >= 15 is 0 Å². The average molecular weight is 667 g/mol. The molecule has 0 saturated heterocycles. The summed E-state index contributed by atoms with van der Waals surface area (Å²) in [6, 6.07) is 5.28. The fraction of sp³-hybridized carbons (Fsp3) is 0.562. The average Bonchev–Trinajstić information content (AvgIpc) is 3.61. The molecule has 1 N–H and O–H groups in total. The van der Waals surface area contributed by atoms with Gasteiger partial charge < -0.3 is 19.6 Å². The zero-order chi connectivity index (χ0) is 33.5. The van der Waals surface area contributed by atoms with Gasteiger partial charge in [-0.3, -0.25) is 4.79 Å². The van der Waals surface area contributed by atoms with E-state index < -0.39 is 35.5 Å². The minimum Gasteiger partial charge on any atom is -0.481 e. The quantitative estimate of drug-likeness (QED) is 0.259. The van der Waals surface area contributed by atoms with Gasteiger partial charge >= 0.3 is 18.3 Å². The molecule has 2 aromatic carbocycles. The van der Waals surface area contributed by atoms with Gasteiger partial charge in [0.25, 0.3) is 5.95 Å². The Kier molecular flexibility index (Phi) is 9.11. The van der Waals surface area contributed by atoms with E-state index in [9.17, 15) is 36.2 Å². The summed E-state index contributed by atoms with van der Waals surface area (Å²) < 4.78 is 88.4. The van der Waals surface area contributed by atoms with Crippen molar-refractivity contribution in [3.63, 3.8) is 0 Å². The number of carboxylic acids is 1. The smallest absolute Gasteiger partial charge is 0.416 e. The number of ether oxygens (including phenoxy) is 1. The molecule has 9 nitrogen and oxygen atoms in total. The number of benzene rings is 2. The van der Waals surface area contributed by atoms with E-state index in [1.807, 2.05) is 6.07 Å². The zero-order valence-electron chi connectivity index (χ0n) is 25.8. The lowest BCUT2D eigenvalue weighted by atomic mass is 9.80. The molecular formula is C32H36F6N6O3. The van der Waals surface area contributed by atoms with E-state index in [1.54, 1.807) is 11.9 Å². The number of halogens is 6. The van der Waals surface area contributed by atoms with Crippen molar-refractivity contribution in [3.05, 3.63) is 63.7 Å². The van der Waals surface area contributed by atoms with E-state index in [-0.39, 0.29) is 36.5 Å². The van der Waals surface area contributed by atoms with Crippen molar-refractivity contribution in [2.75, 3.05) is 22.9 Å². The molecule has 1 aliphatic carbocycles. The summed E-state index contributed by atoms with van der Waals surface area (Å²) in [4.78, 5) is 16.4. The minimum absolute atomic E-state index is 0.0939. The Labute approximate surface area is 267 Å². The van der Waals surface area contributed by atoms with Crippen molar-refractivity contribution >= 4 is 17.6 Å². The van der Waals surface area contributed by atoms with Crippen LogP contribution in [-0.4, -0.2) is 44.4 Å². The number of anilines is 2. The summed E-state index contributed by atoms with van der Waals surface area (Å²) >= 11 is 0. The van der Waals surface area contributed by atoms with Crippen molar-refractivity contribution in [1.82, 2.24) is 20.2 Å². The van der Waals surface area contributed by atoms with E-state index in [1.165, 1.54) is 4.80 Å². The molecule has 1 atom stereocenters. The van der Waals surface area contributed by atoms with Crippen LogP contribution in [0, 0.1) is 11.8 Å². The van der Waals surface area contributed by atoms with Crippen molar-refractivity contribution < 1.29 is 41.0 Å². The van der Waals surface area contributed by atoms with Gasteiger partial charge in [-0.05, 0) is 108 Å². The maximum atomic E-state index is 13.8. The molecule has 3 heterocycles. The molecule has 0 bridgehead atoms. The lowest BCUT2D eigenvalue weighted by molar-refractivity contribution is -0.143. The second-order valence-corrected chi connectivity index (χ2v) is 12.9. The van der Waals surface area contributed by atoms with Crippen molar-refractivity contribution in [2.24, 2.45) is 18.9 Å². The number of carbonyl (C=O) groups is 1. The Morgan fingerprint density at radius 2 is 1.57 bits per heavy atom. The summed E-state index contributed by atoms with van der Waals surface area (Å²) in [5.41, 5.74) is 0.904. The highest BCUT2D eigenvalue weighted by molar-refractivity contribution is 5.67. The Hall–Kier alpha value is -3.88. The molecule has 3 aromatic rings. The van der Waals surface area contributed by atoms with E-state index in [2.05, 4.69) is 26.4 Å². The van der Waals surface area contributed by atoms with Crippen LogP contribution in [-0.2, 0) is 48.7 Å². The number of hydrogen-bond donors (Lipinski definition) is 1. The molecule has 0 radical (unpaired) electrons. The topological polar surface area (TPSA) is 96.6 Å². The predicted octanol–water partition coefficient (Wildman–Crippen LogP) is 6.91. The highest BCUT2D eigenvalue weighted by atomic mass is 19.4. The summed E-state index contributed by atoms with van der Waals surface area (Å²) in [7, 11) is 1.54. The van der Waals surface area contributed by atoms with E-state index in [0.29, 0.717) is 38.5 Å². The molecule has 1 fully saturated rings. The molecule has 1 aromatic heterocycles. The molecule has 0 unspecified atom stereocenters. The Balaban J connectivity index is 1.37. The van der Waals surface area contributed by atoms with Gasteiger partial charge in [0.1, 0.15) is 0 Å². The first-order valence-electron chi connectivity index (χ1n) is 15.7. The normalized spacial score (nSPS) is 21.7. The Bertz CT molecular complexity index is 1570. The summed E-state index contributed by atoms with van der Waals surface area (Å²) in [6.07, 6.45) is -5.02. The largest absolute Gasteiger partial charge is 0.481 e. The number of nitrogens with zero attached hydrogens (tertiary/aromatic N) is 6. The van der Waals surface area contributed by atoms with Crippen LogP contribution < -0.4 is 9.80 Å². The van der Waals surface area contributed by atoms with Crippen LogP contribution >= 0.6 is 0 Å². The van der Waals surface area contributed by atoms with Gasteiger partial charge in [-0.15, -0.1) is 5.10 Å². The molecule has 0 amide bonds. The van der Waals surface area contributed by atoms with Gasteiger partial charge in [-0.1, -0.05) is 5.10 Å². The number of tetrazole rings is 1. The molecule has 47 heavy (non-hydrogen) atoms. The van der Waals surface area contributed by atoms with Crippen LogP contribution in [0.3, 0.4) is 0 Å². The lowest BCUT2D eigenvalue weighted by Crippen LogP contribution is -2.33. The minimum atomic E-state index is -4.98. The molecule has 1 saturated carbocycles. The van der Waals surface area contributed by atoms with Gasteiger partial charge in [0, 0.05) is 31.7 Å². The molecular weight excluding hydrogens is 630 g/mol. The van der Waals surface area contributed by atoms with Crippen LogP contribution in [0.4, 0.5) is 38.0 Å².